The topological polar surface area (TPSA) is 15.3 Å². The van der Waals surface area contributed by atoms with E-state index in [-0.39, 0.29) is 0 Å². The molecular weight excluding hydrogens is 184 g/mol. The maximum Gasteiger partial charge on any atom is -0.00248 e. The fourth-order valence-corrected chi connectivity index (χ4v) is 2.38. The summed E-state index contributed by atoms with van der Waals surface area (Å²) in [6.07, 6.45) is 10.00. The number of unbranched alkanes of at least 4 members (excludes halogenated alkanes) is 3. The van der Waals surface area contributed by atoms with Crippen LogP contribution in [-0.2, 0) is 0 Å². The normalized spacial score (nSPS) is 18.6. The van der Waals surface area contributed by atoms with E-state index in [0.717, 1.165) is 5.92 Å². The molecule has 1 rings (SSSR count). The van der Waals surface area contributed by atoms with Gasteiger partial charge in [0.25, 0.3) is 0 Å². The second-order valence-electron chi connectivity index (χ2n) is 5.20. The van der Waals surface area contributed by atoms with E-state index in [1.54, 1.807) is 0 Å². The van der Waals surface area contributed by atoms with Crippen LogP contribution in [0.5, 0.6) is 0 Å². The minimum atomic E-state index is 1.03. The molecule has 1 N–H and O–H groups in total. The van der Waals surface area contributed by atoms with E-state index < -0.39 is 0 Å². The van der Waals surface area contributed by atoms with Crippen LogP contribution in [0.25, 0.3) is 0 Å². The SMILES string of the molecule is CN(C)CCCCCCC1CCNCC1. The number of nitrogens with zero attached hydrogens (tertiary/aromatic N) is 1. The molecule has 0 aromatic rings. The van der Waals surface area contributed by atoms with Crippen molar-refractivity contribution in [2.45, 2.75) is 44.9 Å². The quantitative estimate of drug-likeness (QED) is 0.652. The number of nitrogens with one attached hydrogen (secondary N) is 1. The lowest BCUT2D eigenvalue weighted by molar-refractivity contribution is 0.338. The summed E-state index contributed by atoms with van der Waals surface area (Å²) in [7, 11) is 4.32. The molecule has 0 amide bonds. The Morgan fingerprint density at radius 1 is 1.00 bits per heavy atom. The van der Waals surface area contributed by atoms with Crippen LogP contribution < -0.4 is 5.32 Å². The van der Waals surface area contributed by atoms with Gasteiger partial charge in [-0.25, -0.2) is 0 Å². The largest absolute Gasteiger partial charge is 0.317 e. The zero-order valence-electron chi connectivity index (χ0n) is 10.6. The molecule has 0 unspecified atom stereocenters. The standard InChI is InChI=1S/C13H28N2/c1-15(2)12-6-4-3-5-7-13-8-10-14-11-9-13/h13-14H,3-12H2,1-2H3. The molecule has 1 aliphatic heterocycles. The van der Waals surface area contributed by atoms with Crippen LogP contribution in [0.2, 0.25) is 0 Å². The van der Waals surface area contributed by atoms with Crippen molar-refractivity contribution in [3.8, 4) is 0 Å². The van der Waals surface area contributed by atoms with Crippen LogP contribution in [0.15, 0.2) is 0 Å². The monoisotopic (exact) mass is 212 g/mol. The molecule has 1 saturated heterocycles. The highest BCUT2D eigenvalue weighted by atomic mass is 15.0. The van der Waals surface area contributed by atoms with Gasteiger partial charge >= 0.3 is 0 Å². The molecule has 0 spiro atoms. The number of hydrogen-bond donors (Lipinski definition) is 1. The molecule has 0 atom stereocenters. The Morgan fingerprint density at radius 3 is 2.33 bits per heavy atom. The molecule has 90 valence electrons. The summed E-state index contributed by atoms with van der Waals surface area (Å²) in [5.41, 5.74) is 0. The highest BCUT2D eigenvalue weighted by molar-refractivity contribution is 4.68. The van der Waals surface area contributed by atoms with Crippen LogP contribution in [0, 0.1) is 5.92 Å². The molecule has 0 aromatic heterocycles. The second kappa shape index (κ2) is 8.12. The van der Waals surface area contributed by atoms with Gasteiger partial charge in [-0.3, -0.25) is 0 Å². The van der Waals surface area contributed by atoms with Gasteiger partial charge in [0.15, 0.2) is 0 Å². The summed E-state index contributed by atoms with van der Waals surface area (Å²) >= 11 is 0. The van der Waals surface area contributed by atoms with Crippen molar-refractivity contribution in [3.05, 3.63) is 0 Å². The van der Waals surface area contributed by atoms with E-state index in [1.807, 2.05) is 0 Å². The molecule has 1 aliphatic rings. The average molecular weight is 212 g/mol. The number of rotatable bonds is 7. The molecule has 0 aromatic carbocycles. The summed E-state index contributed by atoms with van der Waals surface area (Å²) in [5.74, 6) is 1.03. The smallest absolute Gasteiger partial charge is 0.00248 e. The predicted octanol–water partition coefficient (Wildman–Crippen LogP) is 2.50. The zero-order chi connectivity index (χ0) is 10.9. The van der Waals surface area contributed by atoms with Gasteiger partial charge in [0.2, 0.25) is 0 Å². The summed E-state index contributed by atoms with van der Waals surface area (Å²) in [5, 5.41) is 3.43. The molecule has 0 saturated carbocycles. The van der Waals surface area contributed by atoms with Crippen LogP contribution in [0.3, 0.4) is 0 Å². The van der Waals surface area contributed by atoms with Crippen LogP contribution >= 0.6 is 0 Å². The lowest BCUT2D eigenvalue weighted by Gasteiger charge is -2.22. The molecule has 0 aliphatic carbocycles. The maximum absolute atomic E-state index is 3.43. The maximum atomic E-state index is 3.43. The zero-order valence-corrected chi connectivity index (χ0v) is 10.6. The van der Waals surface area contributed by atoms with E-state index >= 15 is 0 Å². The molecule has 2 heteroatoms. The van der Waals surface area contributed by atoms with Gasteiger partial charge in [-0.05, 0) is 58.9 Å². The lowest BCUT2D eigenvalue weighted by atomic mass is 9.92. The molecule has 0 bridgehead atoms. The highest BCUT2D eigenvalue weighted by Crippen LogP contribution is 2.19. The first kappa shape index (κ1) is 13.0. The molecule has 1 fully saturated rings. The first-order valence-electron chi connectivity index (χ1n) is 6.64. The van der Waals surface area contributed by atoms with Gasteiger partial charge in [0.1, 0.15) is 0 Å². The number of hydrogen-bond acceptors (Lipinski definition) is 2. The average Bonchev–Trinajstić information content (AvgIpc) is 2.24. The Balaban J connectivity index is 1.83. The van der Waals surface area contributed by atoms with Gasteiger partial charge < -0.3 is 10.2 Å². The van der Waals surface area contributed by atoms with Gasteiger partial charge in [0, 0.05) is 0 Å². The highest BCUT2D eigenvalue weighted by Gasteiger charge is 2.11. The molecule has 2 nitrogen and oxygen atoms in total. The van der Waals surface area contributed by atoms with E-state index in [0.29, 0.717) is 0 Å². The van der Waals surface area contributed by atoms with E-state index in [2.05, 4.69) is 24.3 Å². The van der Waals surface area contributed by atoms with Crippen molar-refractivity contribution >= 4 is 0 Å². The van der Waals surface area contributed by atoms with E-state index in [4.69, 9.17) is 0 Å². The Hall–Kier alpha value is -0.0800. The minimum absolute atomic E-state index is 1.03. The Bertz CT molecular complexity index is 139. The first-order valence-corrected chi connectivity index (χ1v) is 6.64. The lowest BCUT2D eigenvalue weighted by Crippen LogP contribution is -2.27. The Morgan fingerprint density at radius 2 is 1.67 bits per heavy atom. The van der Waals surface area contributed by atoms with E-state index in [9.17, 15) is 0 Å². The van der Waals surface area contributed by atoms with Crippen molar-refractivity contribution in [2.75, 3.05) is 33.7 Å². The summed E-state index contributed by atoms with van der Waals surface area (Å²) in [4.78, 5) is 2.28. The Kier molecular flexibility index (Phi) is 7.03. The molecule has 1 heterocycles. The van der Waals surface area contributed by atoms with Crippen LogP contribution in [0.1, 0.15) is 44.9 Å². The summed E-state index contributed by atoms with van der Waals surface area (Å²) in [6.45, 7) is 3.77. The van der Waals surface area contributed by atoms with E-state index in [1.165, 1.54) is 64.6 Å². The summed E-state index contributed by atoms with van der Waals surface area (Å²) < 4.78 is 0. The van der Waals surface area contributed by atoms with Crippen LogP contribution in [-0.4, -0.2) is 38.6 Å². The van der Waals surface area contributed by atoms with Crippen molar-refractivity contribution in [2.24, 2.45) is 5.92 Å². The number of piperidine rings is 1. The Labute approximate surface area is 95.4 Å². The van der Waals surface area contributed by atoms with Gasteiger partial charge in [0.05, 0.1) is 0 Å². The third-order valence-electron chi connectivity index (χ3n) is 3.43. The predicted molar refractivity (Wildman–Crippen MR) is 67.2 cm³/mol. The van der Waals surface area contributed by atoms with Crippen molar-refractivity contribution in [3.63, 3.8) is 0 Å². The molecule has 0 radical (unpaired) electrons. The van der Waals surface area contributed by atoms with Crippen molar-refractivity contribution < 1.29 is 0 Å². The van der Waals surface area contributed by atoms with Crippen LogP contribution in [0.4, 0.5) is 0 Å². The minimum Gasteiger partial charge on any atom is -0.317 e. The fourth-order valence-electron chi connectivity index (χ4n) is 2.38. The van der Waals surface area contributed by atoms with Gasteiger partial charge in [-0.2, -0.15) is 0 Å². The first-order chi connectivity index (χ1) is 7.29. The second-order valence-corrected chi connectivity index (χ2v) is 5.20. The molecular formula is C13H28N2. The molecule has 15 heavy (non-hydrogen) atoms. The third kappa shape index (κ3) is 6.91. The van der Waals surface area contributed by atoms with Crippen molar-refractivity contribution in [1.29, 1.82) is 0 Å². The fraction of sp³-hybridized carbons (Fsp3) is 1.00. The summed E-state index contributed by atoms with van der Waals surface area (Å²) in [6, 6.07) is 0. The van der Waals surface area contributed by atoms with Gasteiger partial charge in [-0.1, -0.05) is 25.7 Å². The third-order valence-corrected chi connectivity index (χ3v) is 3.43. The van der Waals surface area contributed by atoms with Gasteiger partial charge in [-0.15, -0.1) is 0 Å². The van der Waals surface area contributed by atoms with Crippen molar-refractivity contribution in [1.82, 2.24) is 10.2 Å².